The van der Waals surface area contributed by atoms with Crippen LogP contribution < -0.4 is 0 Å². The Kier molecular flexibility index (Phi) is 3.85. The molecule has 0 aliphatic carbocycles. The predicted molar refractivity (Wildman–Crippen MR) is 69.8 cm³/mol. The molecule has 0 spiro atoms. The van der Waals surface area contributed by atoms with Gasteiger partial charge in [0, 0.05) is 12.4 Å². The molecule has 0 saturated carbocycles. The number of likely N-dealkylation sites (N-methyl/N-ethyl adjacent to an activating group) is 1. The van der Waals surface area contributed by atoms with Crippen molar-refractivity contribution in [1.29, 1.82) is 0 Å². The van der Waals surface area contributed by atoms with E-state index in [0.717, 1.165) is 5.39 Å². The first kappa shape index (κ1) is 13.1. The second-order valence-electron chi connectivity index (χ2n) is 4.11. The van der Waals surface area contributed by atoms with Crippen LogP contribution in [0.25, 0.3) is 11.0 Å². The number of rotatable bonds is 4. The molecule has 2 aromatic rings. The summed E-state index contributed by atoms with van der Waals surface area (Å²) in [7, 11) is 1.53. The molecule has 5 nitrogen and oxygen atoms in total. The Morgan fingerprint density at radius 3 is 2.74 bits per heavy atom. The molecular weight excluding hydrogens is 246 g/mol. The number of carbonyl (C=O) groups excluding carboxylic acids is 2. The number of para-hydroxylation sites is 1. The summed E-state index contributed by atoms with van der Waals surface area (Å²) in [4.78, 5) is 24.7. The quantitative estimate of drug-likeness (QED) is 0.790. The van der Waals surface area contributed by atoms with Crippen molar-refractivity contribution in [2.24, 2.45) is 0 Å². The number of hydrogen-bond donors (Lipinski definition) is 0. The highest BCUT2D eigenvalue weighted by molar-refractivity contribution is 5.97. The predicted octanol–water partition coefficient (Wildman–Crippen LogP) is 2.07. The highest BCUT2D eigenvalue weighted by Gasteiger charge is 2.19. The molecule has 1 aromatic heterocycles. The first-order chi connectivity index (χ1) is 9.11. The van der Waals surface area contributed by atoms with Crippen LogP contribution in [0.4, 0.5) is 0 Å². The number of benzene rings is 1. The smallest absolute Gasteiger partial charge is 0.325 e. The SMILES string of the molecule is CCOC(=O)CN(C)C(=O)c1cc2ccccc2o1. The monoisotopic (exact) mass is 261 g/mol. The number of fused-ring (bicyclic) bond motifs is 1. The Morgan fingerprint density at radius 2 is 2.05 bits per heavy atom. The topological polar surface area (TPSA) is 59.8 Å². The highest BCUT2D eigenvalue weighted by atomic mass is 16.5. The lowest BCUT2D eigenvalue weighted by Gasteiger charge is -2.14. The van der Waals surface area contributed by atoms with Gasteiger partial charge in [-0.05, 0) is 19.1 Å². The van der Waals surface area contributed by atoms with Crippen molar-refractivity contribution in [3.8, 4) is 0 Å². The number of nitrogens with zero attached hydrogens (tertiary/aromatic N) is 1. The van der Waals surface area contributed by atoms with Gasteiger partial charge in [-0.25, -0.2) is 0 Å². The number of hydrogen-bond acceptors (Lipinski definition) is 4. The lowest BCUT2D eigenvalue weighted by molar-refractivity contribution is -0.143. The molecule has 0 atom stereocenters. The molecule has 1 heterocycles. The van der Waals surface area contributed by atoms with E-state index in [1.165, 1.54) is 11.9 Å². The van der Waals surface area contributed by atoms with E-state index in [1.807, 2.05) is 18.2 Å². The second kappa shape index (κ2) is 5.56. The molecule has 19 heavy (non-hydrogen) atoms. The molecule has 5 heteroatoms. The Bertz CT molecular complexity index is 569. The lowest BCUT2D eigenvalue weighted by atomic mass is 10.2. The third kappa shape index (κ3) is 2.93. The molecule has 0 aliphatic rings. The molecule has 0 radical (unpaired) electrons. The average Bonchev–Trinajstić information content (AvgIpc) is 2.81. The standard InChI is InChI=1S/C14H15NO4/c1-3-18-13(16)9-15(2)14(17)12-8-10-6-4-5-7-11(10)19-12/h4-8H,3,9H2,1-2H3. The minimum atomic E-state index is -0.436. The van der Waals surface area contributed by atoms with Gasteiger partial charge in [-0.1, -0.05) is 18.2 Å². The Hall–Kier alpha value is -2.30. The summed E-state index contributed by atoms with van der Waals surface area (Å²) in [6.45, 7) is 1.92. The van der Waals surface area contributed by atoms with E-state index >= 15 is 0 Å². The average molecular weight is 261 g/mol. The third-order valence-electron chi connectivity index (χ3n) is 2.65. The van der Waals surface area contributed by atoms with E-state index in [4.69, 9.17) is 9.15 Å². The fraction of sp³-hybridized carbons (Fsp3) is 0.286. The summed E-state index contributed by atoms with van der Waals surface area (Å²) in [5.74, 6) is -0.563. The lowest BCUT2D eigenvalue weighted by Crippen LogP contribution is -2.32. The van der Waals surface area contributed by atoms with Gasteiger partial charge in [0.1, 0.15) is 12.1 Å². The molecule has 0 saturated heterocycles. The molecule has 0 fully saturated rings. The first-order valence-corrected chi connectivity index (χ1v) is 6.01. The van der Waals surface area contributed by atoms with Crippen molar-refractivity contribution in [2.45, 2.75) is 6.92 Å². The zero-order valence-corrected chi connectivity index (χ0v) is 10.9. The largest absolute Gasteiger partial charge is 0.465 e. The van der Waals surface area contributed by atoms with Gasteiger partial charge in [0.25, 0.3) is 5.91 Å². The van der Waals surface area contributed by atoms with Crippen LogP contribution in [-0.2, 0) is 9.53 Å². The molecular formula is C14H15NO4. The first-order valence-electron chi connectivity index (χ1n) is 6.01. The fourth-order valence-corrected chi connectivity index (χ4v) is 1.75. The van der Waals surface area contributed by atoms with Gasteiger partial charge in [0.15, 0.2) is 5.76 Å². The van der Waals surface area contributed by atoms with Crippen LogP contribution in [0.5, 0.6) is 0 Å². The van der Waals surface area contributed by atoms with Gasteiger partial charge < -0.3 is 14.1 Å². The Balaban J connectivity index is 2.12. The van der Waals surface area contributed by atoms with Crippen molar-refractivity contribution in [2.75, 3.05) is 20.2 Å². The number of esters is 1. The van der Waals surface area contributed by atoms with Crippen LogP contribution >= 0.6 is 0 Å². The third-order valence-corrected chi connectivity index (χ3v) is 2.65. The van der Waals surface area contributed by atoms with E-state index in [2.05, 4.69) is 0 Å². The van der Waals surface area contributed by atoms with Crippen LogP contribution in [0.15, 0.2) is 34.7 Å². The van der Waals surface area contributed by atoms with E-state index in [-0.39, 0.29) is 18.2 Å². The molecule has 1 aromatic carbocycles. The maximum atomic E-state index is 12.1. The van der Waals surface area contributed by atoms with Crippen molar-refractivity contribution in [3.63, 3.8) is 0 Å². The van der Waals surface area contributed by atoms with E-state index in [9.17, 15) is 9.59 Å². The Labute approximate surface area is 110 Å². The number of ether oxygens (including phenoxy) is 1. The van der Waals surface area contributed by atoms with Crippen molar-refractivity contribution in [1.82, 2.24) is 4.90 Å². The molecule has 0 unspecified atom stereocenters. The van der Waals surface area contributed by atoms with Gasteiger partial charge in [0.05, 0.1) is 6.61 Å². The van der Waals surface area contributed by atoms with Crippen LogP contribution in [0.3, 0.4) is 0 Å². The van der Waals surface area contributed by atoms with E-state index in [0.29, 0.717) is 12.2 Å². The molecule has 0 bridgehead atoms. The highest BCUT2D eigenvalue weighted by Crippen LogP contribution is 2.19. The zero-order valence-electron chi connectivity index (χ0n) is 10.9. The maximum Gasteiger partial charge on any atom is 0.325 e. The zero-order chi connectivity index (χ0) is 13.8. The van der Waals surface area contributed by atoms with Crippen molar-refractivity contribution in [3.05, 3.63) is 36.1 Å². The Morgan fingerprint density at radius 1 is 1.32 bits per heavy atom. The van der Waals surface area contributed by atoms with Crippen LogP contribution in [-0.4, -0.2) is 37.0 Å². The molecule has 2 rings (SSSR count). The van der Waals surface area contributed by atoms with Crippen molar-refractivity contribution < 1.29 is 18.7 Å². The minimum absolute atomic E-state index is 0.0935. The number of amides is 1. The molecule has 1 amide bonds. The van der Waals surface area contributed by atoms with E-state index < -0.39 is 5.97 Å². The summed E-state index contributed by atoms with van der Waals surface area (Å²) < 4.78 is 10.2. The van der Waals surface area contributed by atoms with Gasteiger partial charge in [-0.2, -0.15) is 0 Å². The number of furan rings is 1. The molecule has 0 N–H and O–H groups in total. The van der Waals surface area contributed by atoms with Crippen LogP contribution in [0.1, 0.15) is 17.5 Å². The number of carbonyl (C=O) groups is 2. The van der Waals surface area contributed by atoms with Gasteiger partial charge in [-0.3, -0.25) is 9.59 Å². The fourth-order valence-electron chi connectivity index (χ4n) is 1.75. The van der Waals surface area contributed by atoms with E-state index in [1.54, 1.807) is 19.1 Å². The summed E-state index contributed by atoms with van der Waals surface area (Å²) in [6, 6.07) is 9.02. The van der Waals surface area contributed by atoms with Crippen LogP contribution in [0, 0.1) is 0 Å². The summed E-state index contributed by atoms with van der Waals surface area (Å²) in [5, 5.41) is 0.857. The summed E-state index contributed by atoms with van der Waals surface area (Å²) >= 11 is 0. The van der Waals surface area contributed by atoms with Gasteiger partial charge in [0.2, 0.25) is 0 Å². The normalized spacial score (nSPS) is 10.4. The second-order valence-corrected chi connectivity index (χ2v) is 4.11. The van der Waals surface area contributed by atoms with Gasteiger partial charge in [-0.15, -0.1) is 0 Å². The summed E-state index contributed by atoms with van der Waals surface area (Å²) in [5.41, 5.74) is 0.649. The maximum absolute atomic E-state index is 12.1. The molecule has 100 valence electrons. The van der Waals surface area contributed by atoms with Gasteiger partial charge >= 0.3 is 5.97 Å². The minimum Gasteiger partial charge on any atom is -0.465 e. The molecule has 0 aliphatic heterocycles. The summed E-state index contributed by atoms with van der Waals surface area (Å²) in [6.07, 6.45) is 0. The van der Waals surface area contributed by atoms with Crippen LogP contribution in [0.2, 0.25) is 0 Å². The van der Waals surface area contributed by atoms with Crippen molar-refractivity contribution >= 4 is 22.8 Å².